The van der Waals surface area contributed by atoms with Crippen LogP contribution in [0.5, 0.6) is 0 Å². The van der Waals surface area contributed by atoms with Gasteiger partial charge in [0.05, 0.1) is 5.56 Å². The standard InChI is InChI=1S/C13H21N3O/c1-4-8-16(10-9-15(2)3)13-12(11-17)6-5-7-14-13/h5-7,11H,4,8-10H2,1-3H3. The third-order valence-corrected chi connectivity index (χ3v) is 2.55. The molecule has 0 aliphatic rings. The van der Waals surface area contributed by atoms with Crippen molar-refractivity contribution < 1.29 is 4.79 Å². The summed E-state index contributed by atoms with van der Waals surface area (Å²) in [5, 5.41) is 0. The van der Waals surface area contributed by atoms with Crippen LogP contribution in [0.25, 0.3) is 0 Å². The number of hydrogen-bond donors (Lipinski definition) is 0. The highest BCUT2D eigenvalue weighted by Gasteiger charge is 2.11. The minimum atomic E-state index is 0.666. The fraction of sp³-hybridized carbons (Fsp3) is 0.538. The minimum absolute atomic E-state index is 0.666. The fourth-order valence-corrected chi connectivity index (χ4v) is 1.68. The number of likely N-dealkylation sites (N-methyl/N-ethyl adjacent to an activating group) is 1. The second-order valence-corrected chi connectivity index (χ2v) is 4.32. The number of carbonyl (C=O) groups is 1. The number of anilines is 1. The topological polar surface area (TPSA) is 36.4 Å². The summed E-state index contributed by atoms with van der Waals surface area (Å²) >= 11 is 0. The quantitative estimate of drug-likeness (QED) is 0.674. The first-order valence-corrected chi connectivity index (χ1v) is 5.99. The summed E-state index contributed by atoms with van der Waals surface area (Å²) in [5.74, 6) is 0.797. The first-order valence-electron chi connectivity index (χ1n) is 5.99. The molecule has 0 aliphatic heterocycles. The Hall–Kier alpha value is -1.42. The second-order valence-electron chi connectivity index (χ2n) is 4.32. The normalized spacial score (nSPS) is 10.6. The third kappa shape index (κ3) is 4.15. The molecule has 94 valence electrons. The maximum absolute atomic E-state index is 11.0. The van der Waals surface area contributed by atoms with Crippen LogP contribution in [0.15, 0.2) is 18.3 Å². The van der Waals surface area contributed by atoms with E-state index >= 15 is 0 Å². The third-order valence-electron chi connectivity index (χ3n) is 2.55. The van der Waals surface area contributed by atoms with E-state index in [2.05, 4.69) is 21.7 Å². The van der Waals surface area contributed by atoms with Crippen LogP contribution in [-0.4, -0.2) is 49.9 Å². The lowest BCUT2D eigenvalue weighted by Gasteiger charge is -2.25. The molecule has 1 rings (SSSR count). The van der Waals surface area contributed by atoms with Crippen LogP contribution in [0.1, 0.15) is 23.7 Å². The molecule has 17 heavy (non-hydrogen) atoms. The summed E-state index contributed by atoms with van der Waals surface area (Å²) in [6.45, 7) is 4.89. The molecule has 0 spiro atoms. The molecule has 0 atom stereocenters. The first kappa shape index (κ1) is 13.6. The van der Waals surface area contributed by atoms with Gasteiger partial charge in [-0.05, 0) is 32.6 Å². The molecular weight excluding hydrogens is 214 g/mol. The van der Waals surface area contributed by atoms with Gasteiger partial charge in [0.25, 0.3) is 0 Å². The molecule has 0 aromatic carbocycles. The highest BCUT2D eigenvalue weighted by molar-refractivity contribution is 5.82. The molecular formula is C13H21N3O. The van der Waals surface area contributed by atoms with Crippen LogP contribution in [0.3, 0.4) is 0 Å². The van der Waals surface area contributed by atoms with Crippen molar-refractivity contribution in [3.63, 3.8) is 0 Å². The number of aldehydes is 1. The molecule has 0 fully saturated rings. The summed E-state index contributed by atoms with van der Waals surface area (Å²) < 4.78 is 0. The van der Waals surface area contributed by atoms with E-state index in [-0.39, 0.29) is 0 Å². The molecule has 0 aliphatic carbocycles. The van der Waals surface area contributed by atoms with Gasteiger partial charge in [0.1, 0.15) is 5.82 Å². The van der Waals surface area contributed by atoms with Crippen molar-refractivity contribution in [2.45, 2.75) is 13.3 Å². The van der Waals surface area contributed by atoms with Crippen molar-refractivity contribution in [3.05, 3.63) is 23.9 Å². The smallest absolute Gasteiger partial charge is 0.153 e. The Morgan fingerprint density at radius 2 is 2.06 bits per heavy atom. The van der Waals surface area contributed by atoms with Gasteiger partial charge in [-0.25, -0.2) is 4.98 Å². The van der Waals surface area contributed by atoms with Crippen molar-refractivity contribution in [3.8, 4) is 0 Å². The predicted octanol–water partition coefficient (Wildman–Crippen LogP) is 1.67. The lowest BCUT2D eigenvalue weighted by molar-refractivity contribution is 0.112. The largest absolute Gasteiger partial charge is 0.355 e. The fourth-order valence-electron chi connectivity index (χ4n) is 1.68. The van der Waals surface area contributed by atoms with Crippen LogP contribution in [-0.2, 0) is 0 Å². The van der Waals surface area contributed by atoms with E-state index in [1.54, 1.807) is 12.3 Å². The van der Waals surface area contributed by atoms with E-state index in [1.165, 1.54) is 0 Å². The Morgan fingerprint density at radius 3 is 2.65 bits per heavy atom. The number of carbonyl (C=O) groups excluding carboxylic acids is 1. The molecule has 1 heterocycles. The number of aromatic nitrogens is 1. The van der Waals surface area contributed by atoms with Crippen molar-refractivity contribution in [1.82, 2.24) is 9.88 Å². The van der Waals surface area contributed by atoms with Crippen molar-refractivity contribution in [2.75, 3.05) is 38.6 Å². The molecule has 4 heteroatoms. The minimum Gasteiger partial charge on any atom is -0.355 e. The Morgan fingerprint density at radius 1 is 1.29 bits per heavy atom. The van der Waals surface area contributed by atoms with Gasteiger partial charge < -0.3 is 9.80 Å². The maximum atomic E-state index is 11.0. The van der Waals surface area contributed by atoms with E-state index in [4.69, 9.17) is 0 Å². The molecule has 1 aromatic heterocycles. The van der Waals surface area contributed by atoms with Gasteiger partial charge in [-0.2, -0.15) is 0 Å². The summed E-state index contributed by atoms with van der Waals surface area (Å²) in [5.41, 5.74) is 0.666. The Kier molecular flexibility index (Phi) is 5.63. The monoisotopic (exact) mass is 235 g/mol. The Labute approximate surface area is 103 Å². The van der Waals surface area contributed by atoms with Gasteiger partial charge in [0, 0.05) is 25.8 Å². The van der Waals surface area contributed by atoms with Gasteiger partial charge in [-0.3, -0.25) is 4.79 Å². The lowest BCUT2D eigenvalue weighted by Crippen LogP contribution is -2.33. The summed E-state index contributed by atoms with van der Waals surface area (Å²) in [6.07, 6.45) is 3.66. The van der Waals surface area contributed by atoms with Gasteiger partial charge >= 0.3 is 0 Å². The summed E-state index contributed by atoms with van der Waals surface area (Å²) in [7, 11) is 4.09. The maximum Gasteiger partial charge on any atom is 0.153 e. The van der Waals surface area contributed by atoms with Gasteiger partial charge in [-0.1, -0.05) is 6.92 Å². The van der Waals surface area contributed by atoms with Crippen molar-refractivity contribution in [1.29, 1.82) is 0 Å². The number of pyridine rings is 1. The highest BCUT2D eigenvalue weighted by atomic mass is 16.1. The molecule has 0 amide bonds. The summed E-state index contributed by atoms with van der Waals surface area (Å²) in [4.78, 5) is 19.6. The molecule has 0 saturated heterocycles. The zero-order valence-electron chi connectivity index (χ0n) is 10.9. The van der Waals surface area contributed by atoms with Gasteiger partial charge in [0.2, 0.25) is 0 Å². The predicted molar refractivity (Wildman–Crippen MR) is 70.7 cm³/mol. The summed E-state index contributed by atoms with van der Waals surface area (Å²) in [6, 6.07) is 3.61. The molecule has 1 aromatic rings. The Bertz CT molecular complexity index is 352. The zero-order valence-corrected chi connectivity index (χ0v) is 10.9. The van der Waals surface area contributed by atoms with E-state index < -0.39 is 0 Å². The molecule has 4 nitrogen and oxygen atoms in total. The van der Waals surface area contributed by atoms with Crippen LogP contribution in [0.4, 0.5) is 5.82 Å². The molecule has 0 bridgehead atoms. The van der Waals surface area contributed by atoms with Crippen molar-refractivity contribution in [2.24, 2.45) is 0 Å². The zero-order chi connectivity index (χ0) is 12.7. The van der Waals surface area contributed by atoms with Gasteiger partial charge in [0.15, 0.2) is 6.29 Å². The van der Waals surface area contributed by atoms with Crippen LogP contribution in [0.2, 0.25) is 0 Å². The molecule has 0 N–H and O–H groups in total. The molecule has 0 radical (unpaired) electrons. The highest BCUT2D eigenvalue weighted by Crippen LogP contribution is 2.15. The number of rotatable bonds is 7. The van der Waals surface area contributed by atoms with Crippen LogP contribution in [0, 0.1) is 0 Å². The lowest BCUT2D eigenvalue weighted by atomic mass is 10.2. The number of hydrogen-bond acceptors (Lipinski definition) is 4. The Balaban J connectivity index is 2.84. The molecule has 0 saturated carbocycles. The van der Waals surface area contributed by atoms with Gasteiger partial charge in [-0.15, -0.1) is 0 Å². The van der Waals surface area contributed by atoms with Crippen molar-refractivity contribution >= 4 is 12.1 Å². The SMILES string of the molecule is CCCN(CCN(C)C)c1ncccc1C=O. The van der Waals surface area contributed by atoms with Crippen LogP contribution < -0.4 is 4.90 Å². The van der Waals surface area contributed by atoms with E-state index in [0.717, 1.165) is 38.2 Å². The molecule has 0 unspecified atom stereocenters. The first-order chi connectivity index (χ1) is 8.19. The average molecular weight is 235 g/mol. The number of nitrogens with zero attached hydrogens (tertiary/aromatic N) is 3. The van der Waals surface area contributed by atoms with E-state index in [1.807, 2.05) is 20.2 Å². The average Bonchev–Trinajstić information content (AvgIpc) is 2.34. The van der Waals surface area contributed by atoms with E-state index in [0.29, 0.717) is 5.56 Å². The van der Waals surface area contributed by atoms with E-state index in [9.17, 15) is 4.79 Å². The second kappa shape index (κ2) is 7.01. The van der Waals surface area contributed by atoms with Crippen LogP contribution >= 0.6 is 0 Å².